The van der Waals surface area contributed by atoms with Crippen LogP contribution in [-0.2, 0) is 21.9 Å². The van der Waals surface area contributed by atoms with Crippen LogP contribution >= 0.6 is 0 Å². The Morgan fingerprint density at radius 2 is 1.92 bits per heavy atom. The van der Waals surface area contributed by atoms with Gasteiger partial charge in [0.2, 0.25) is 5.91 Å². The fraction of sp³-hybridized carbons (Fsp3) is 0.412. The quantitative estimate of drug-likeness (QED) is 0.845. The van der Waals surface area contributed by atoms with Crippen LogP contribution in [0, 0.1) is 27.7 Å². The molecule has 0 fully saturated rings. The Labute approximate surface area is 148 Å². The summed E-state index contributed by atoms with van der Waals surface area (Å²) in [7, 11) is -2.29. The van der Waals surface area contributed by atoms with Gasteiger partial charge in [-0.05, 0) is 44.9 Å². The number of rotatable bonds is 6. The van der Waals surface area contributed by atoms with Crippen LogP contribution in [0.1, 0.15) is 28.9 Å². The molecule has 1 N–H and O–H groups in total. The first kappa shape index (κ1) is 19.0. The average Bonchev–Trinajstić information content (AvgIpc) is 2.75. The third-order valence-corrected chi connectivity index (χ3v) is 5.51. The number of nitrogens with one attached hydrogen (secondary N) is 1. The van der Waals surface area contributed by atoms with Gasteiger partial charge in [-0.1, -0.05) is 12.1 Å². The van der Waals surface area contributed by atoms with E-state index in [1.807, 2.05) is 32.0 Å². The Bertz CT molecular complexity index is 901. The van der Waals surface area contributed by atoms with Crippen LogP contribution in [0.3, 0.4) is 0 Å². The molecule has 0 aliphatic rings. The summed E-state index contributed by atoms with van der Waals surface area (Å²) in [6.07, 6.45) is -0.0645. The normalized spacial score (nSPS) is 11.4. The Morgan fingerprint density at radius 1 is 1.24 bits per heavy atom. The Balaban J connectivity index is 1.99. The average molecular weight is 365 g/mol. The number of carbonyl (C=O) groups excluding carboxylic acids is 1. The van der Waals surface area contributed by atoms with Gasteiger partial charge in [0.05, 0.1) is 24.4 Å². The van der Waals surface area contributed by atoms with Gasteiger partial charge in [-0.3, -0.25) is 9.48 Å². The number of hydrogen-bond acceptors (Lipinski definition) is 5. The third kappa shape index (κ3) is 4.39. The monoisotopic (exact) mass is 365 g/mol. The van der Waals surface area contributed by atoms with Crippen molar-refractivity contribution < 1.29 is 17.9 Å². The highest BCUT2D eigenvalue weighted by Gasteiger charge is 2.25. The maximum absolute atomic E-state index is 12.4. The van der Waals surface area contributed by atoms with Gasteiger partial charge < -0.3 is 4.74 Å². The van der Waals surface area contributed by atoms with Gasteiger partial charge in [-0.2, -0.15) is 5.10 Å². The zero-order valence-electron chi connectivity index (χ0n) is 15.1. The molecule has 25 heavy (non-hydrogen) atoms. The zero-order valence-corrected chi connectivity index (χ0v) is 15.9. The molecule has 0 unspecified atom stereocenters. The molecule has 0 saturated carbocycles. The van der Waals surface area contributed by atoms with Crippen LogP contribution in [0.2, 0.25) is 0 Å². The fourth-order valence-electron chi connectivity index (χ4n) is 2.51. The maximum Gasteiger partial charge on any atom is 0.267 e. The van der Waals surface area contributed by atoms with Crippen LogP contribution in [0.5, 0.6) is 5.75 Å². The summed E-state index contributed by atoms with van der Waals surface area (Å²) in [4.78, 5) is 12.0. The SMILES string of the molecule is Cc1ccc(C)c(OCCC(=O)NS(=O)(=O)c2c(C)nn(C)c2C)c1. The molecule has 0 bridgehead atoms. The number of amides is 1. The van der Waals surface area contributed by atoms with E-state index in [9.17, 15) is 13.2 Å². The summed E-state index contributed by atoms with van der Waals surface area (Å²) in [6, 6.07) is 5.79. The van der Waals surface area contributed by atoms with Gasteiger partial charge in [-0.25, -0.2) is 13.1 Å². The Kier molecular flexibility index (Phi) is 5.52. The molecule has 7 nitrogen and oxygen atoms in total. The summed E-state index contributed by atoms with van der Waals surface area (Å²) in [5, 5.41) is 4.07. The van der Waals surface area contributed by atoms with Gasteiger partial charge in [0, 0.05) is 7.05 Å². The van der Waals surface area contributed by atoms with E-state index < -0.39 is 15.9 Å². The third-order valence-electron chi connectivity index (χ3n) is 3.89. The first-order valence-electron chi connectivity index (χ1n) is 7.87. The van der Waals surface area contributed by atoms with Gasteiger partial charge >= 0.3 is 0 Å². The number of carbonyl (C=O) groups is 1. The lowest BCUT2D eigenvalue weighted by atomic mass is 10.1. The second kappa shape index (κ2) is 7.26. The molecule has 2 rings (SSSR count). The molecule has 1 aromatic carbocycles. The van der Waals surface area contributed by atoms with Crippen LogP contribution in [-0.4, -0.2) is 30.7 Å². The van der Waals surface area contributed by atoms with Gasteiger partial charge in [0.15, 0.2) is 0 Å². The lowest BCUT2D eigenvalue weighted by Crippen LogP contribution is -2.32. The smallest absolute Gasteiger partial charge is 0.267 e. The van der Waals surface area contributed by atoms with E-state index in [1.54, 1.807) is 20.9 Å². The fourth-order valence-corrected chi connectivity index (χ4v) is 3.97. The van der Waals surface area contributed by atoms with E-state index >= 15 is 0 Å². The highest BCUT2D eigenvalue weighted by atomic mass is 32.2. The molecule has 0 aliphatic heterocycles. The van der Waals surface area contributed by atoms with Crippen LogP contribution in [0.4, 0.5) is 0 Å². The summed E-state index contributed by atoms with van der Waals surface area (Å²) in [6.45, 7) is 7.19. The van der Waals surface area contributed by atoms with Crippen LogP contribution in [0.25, 0.3) is 0 Å². The minimum atomic E-state index is -3.95. The first-order chi connectivity index (χ1) is 11.6. The molecule has 2 aromatic rings. The van der Waals surface area contributed by atoms with Crippen molar-refractivity contribution in [2.45, 2.75) is 39.0 Å². The van der Waals surface area contributed by atoms with Crippen molar-refractivity contribution in [2.75, 3.05) is 6.61 Å². The van der Waals surface area contributed by atoms with E-state index in [2.05, 4.69) is 9.82 Å². The van der Waals surface area contributed by atoms with Gasteiger partial charge in [-0.15, -0.1) is 0 Å². The minimum absolute atomic E-state index is 0.0406. The second-order valence-electron chi connectivity index (χ2n) is 6.02. The number of ether oxygens (including phenoxy) is 1. The summed E-state index contributed by atoms with van der Waals surface area (Å²) < 4.78 is 33.9. The first-order valence-corrected chi connectivity index (χ1v) is 9.36. The van der Waals surface area contributed by atoms with E-state index in [0.717, 1.165) is 11.1 Å². The number of aromatic nitrogens is 2. The molecule has 0 radical (unpaired) electrons. The molecular weight excluding hydrogens is 342 g/mol. The Hall–Kier alpha value is -2.35. The largest absolute Gasteiger partial charge is 0.493 e. The van der Waals surface area contributed by atoms with E-state index in [4.69, 9.17) is 4.74 Å². The number of nitrogens with zero attached hydrogens (tertiary/aromatic N) is 2. The standard InChI is InChI=1S/C17H23N3O4S/c1-11-6-7-12(2)15(10-11)24-9-8-16(21)19-25(22,23)17-13(3)18-20(5)14(17)4/h6-7,10H,8-9H2,1-5H3,(H,19,21). The molecule has 0 atom stereocenters. The summed E-state index contributed by atoms with van der Waals surface area (Å²) in [5.41, 5.74) is 2.84. The number of hydrogen-bond donors (Lipinski definition) is 1. The van der Waals surface area contributed by atoms with Gasteiger partial charge in [0.25, 0.3) is 10.0 Å². The molecular formula is C17H23N3O4S. The van der Waals surface area contributed by atoms with Gasteiger partial charge in [0.1, 0.15) is 10.6 Å². The number of aryl methyl sites for hydroxylation is 4. The van der Waals surface area contributed by atoms with Crippen LogP contribution in [0.15, 0.2) is 23.1 Å². The molecule has 0 saturated heterocycles. The van der Waals surface area contributed by atoms with Crippen molar-refractivity contribution in [1.82, 2.24) is 14.5 Å². The second-order valence-corrected chi connectivity index (χ2v) is 7.64. The lowest BCUT2D eigenvalue weighted by Gasteiger charge is -2.10. The number of sulfonamides is 1. The molecule has 1 heterocycles. The van der Waals surface area contributed by atoms with Crippen LogP contribution < -0.4 is 9.46 Å². The maximum atomic E-state index is 12.4. The zero-order chi connectivity index (χ0) is 18.8. The summed E-state index contributed by atoms with van der Waals surface area (Å²) >= 11 is 0. The van der Waals surface area contributed by atoms with E-state index in [1.165, 1.54) is 4.68 Å². The number of benzene rings is 1. The topological polar surface area (TPSA) is 90.3 Å². The minimum Gasteiger partial charge on any atom is -0.493 e. The Morgan fingerprint density at radius 3 is 2.52 bits per heavy atom. The predicted molar refractivity (Wildman–Crippen MR) is 94.0 cm³/mol. The molecule has 136 valence electrons. The van der Waals surface area contributed by atoms with Crippen molar-refractivity contribution in [3.05, 3.63) is 40.7 Å². The summed E-state index contributed by atoms with van der Waals surface area (Å²) in [5.74, 6) is 0.0718. The molecule has 1 aromatic heterocycles. The van der Waals surface area contributed by atoms with E-state index in [-0.39, 0.29) is 17.9 Å². The molecule has 0 spiro atoms. The predicted octanol–water partition coefficient (Wildman–Crippen LogP) is 1.93. The lowest BCUT2D eigenvalue weighted by molar-refractivity contribution is -0.119. The highest BCUT2D eigenvalue weighted by Crippen LogP contribution is 2.20. The van der Waals surface area contributed by atoms with Crippen molar-refractivity contribution in [3.8, 4) is 5.75 Å². The molecule has 8 heteroatoms. The molecule has 0 aliphatic carbocycles. The van der Waals surface area contributed by atoms with Crippen molar-refractivity contribution >= 4 is 15.9 Å². The molecule has 1 amide bonds. The van der Waals surface area contributed by atoms with Crippen molar-refractivity contribution in [2.24, 2.45) is 7.05 Å². The highest BCUT2D eigenvalue weighted by molar-refractivity contribution is 7.90. The van der Waals surface area contributed by atoms with Crippen molar-refractivity contribution in [1.29, 1.82) is 0 Å². The van der Waals surface area contributed by atoms with Crippen molar-refractivity contribution in [3.63, 3.8) is 0 Å². The van der Waals surface area contributed by atoms with E-state index in [0.29, 0.717) is 17.1 Å².